The Morgan fingerprint density at radius 3 is 2.94 bits per heavy atom. The number of hydrogen-bond acceptors (Lipinski definition) is 4. The number of hydrogen-bond donors (Lipinski definition) is 3. The van der Waals surface area contributed by atoms with E-state index in [1.807, 2.05) is 24.3 Å². The van der Waals surface area contributed by atoms with E-state index in [-0.39, 0.29) is 0 Å². The Bertz CT molecular complexity index is 465. The third kappa shape index (κ3) is 2.60. The first-order valence-corrected chi connectivity index (χ1v) is 5.63. The molecule has 0 aliphatic carbocycles. The van der Waals surface area contributed by atoms with Gasteiger partial charge in [-0.1, -0.05) is 23.5 Å². The Hall–Kier alpha value is -1.82. The molecular formula is C10H11N3O2S. The minimum absolute atomic E-state index is 0.366. The van der Waals surface area contributed by atoms with Crippen LogP contribution in [0.25, 0.3) is 10.2 Å². The minimum Gasteiger partial charge on any atom is -0.465 e. The van der Waals surface area contributed by atoms with Crippen molar-refractivity contribution in [3.05, 3.63) is 24.3 Å². The number of anilines is 1. The molecule has 0 aliphatic rings. The van der Waals surface area contributed by atoms with Gasteiger partial charge in [0.05, 0.1) is 10.2 Å². The summed E-state index contributed by atoms with van der Waals surface area (Å²) in [6, 6.07) is 7.87. The lowest BCUT2D eigenvalue weighted by molar-refractivity contribution is 0.195. The summed E-state index contributed by atoms with van der Waals surface area (Å²) in [5.41, 5.74) is 0.959. The van der Waals surface area contributed by atoms with Crippen LogP contribution in [0.15, 0.2) is 24.3 Å². The number of nitrogens with zero attached hydrogens (tertiary/aromatic N) is 1. The summed E-state index contributed by atoms with van der Waals surface area (Å²) in [6.07, 6.45) is -1.01. The summed E-state index contributed by atoms with van der Waals surface area (Å²) < 4.78 is 1.12. The van der Waals surface area contributed by atoms with E-state index >= 15 is 0 Å². The molecule has 0 saturated carbocycles. The van der Waals surface area contributed by atoms with Crippen LogP contribution >= 0.6 is 11.3 Å². The van der Waals surface area contributed by atoms with Gasteiger partial charge in [0, 0.05) is 13.1 Å². The van der Waals surface area contributed by atoms with E-state index in [2.05, 4.69) is 15.6 Å². The zero-order valence-corrected chi connectivity index (χ0v) is 9.25. The van der Waals surface area contributed by atoms with Crippen LogP contribution in [-0.4, -0.2) is 29.3 Å². The highest BCUT2D eigenvalue weighted by molar-refractivity contribution is 7.22. The van der Waals surface area contributed by atoms with Crippen molar-refractivity contribution in [3.8, 4) is 0 Å². The minimum atomic E-state index is -1.01. The molecule has 0 bridgehead atoms. The fourth-order valence-corrected chi connectivity index (χ4v) is 2.18. The molecule has 1 aromatic carbocycles. The topological polar surface area (TPSA) is 74.2 Å². The standard InChI is InChI=1S/C10H11N3O2S/c14-10(15)12-6-5-11-9-13-7-3-1-2-4-8(7)16-9/h1-4,12H,5-6H2,(H,11,13)(H,14,15). The molecule has 0 radical (unpaired) electrons. The van der Waals surface area contributed by atoms with Crippen molar-refractivity contribution >= 4 is 32.8 Å². The number of rotatable bonds is 4. The number of carbonyl (C=O) groups is 1. The van der Waals surface area contributed by atoms with Crippen LogP contribution in [0.4, 0.5) is 9.93 Å². The van der Waals surface area contributed by atoms with Gasteiger partial charge in [0.2, 0.25) is 0 Å². The van der Waals surface area contributed by atoms with Gasteiger partial charge >= 0.3 is 6.09 Å². The van der Waals surface area contributed by atoms with Crippen molar-refractivity contribution in [3.63, 3.8) is 0 Å². The summed E-state index contributed by atoms with van der Waals surface area (Å²) >= 11 is 1.56. The van der Waals surface area contributed by atoms with Crippen molar-refractivity contribution in [2.24, 2.45) is 0 Å². The highest BCUT2D eigenvalue weighted by atomic mass is 32.1. The first-order chi connectivity index (χ1) is 7.75. The SMILES string of the molecule is O=C(O)NCCNc1nc2ccccc2s1. The maximum absolute atomic E-state index is 10.2. The van der Waals surface area contributed by atoms with Gasteiger partial charge in [-0.3, -0.25) is 0 Å². The van der Waals surface area contributed by atoms with Gasteiger partial charge in [-0.15, -0.1) is 0 Å². The van der Waals surface area contributed by atoms with Crippen LogP contribution in [0.5, 0.6) is 0 Å². The quantitative estimate of drug-likeness (QED) is 0.711. The van der Waals surface area contributed by atoms with Crippen molar-refractivity contribution in [2.75, 3.05) is 18.4 Å². The highest BCUT2D eigenvalue weighted by Gasteiger charge is 2.01. The molecule has 1 amide bonds. The molecule has 16 heavy (non-hydrogen) atoms. The number of thiazole rings is 1. The average Bonchev–Trinajstić information content (AvgIpc) is 2.66. The number of amides is 1. The van der Waals surface area contributed by atoms with Gasteiger partial charge in [0.15, 0.2) is 5.13 Å². The number of nitrogens with one attached hydrogen (secondary N) is 2. The molecular weight excluding hydrogens is 226 g/mol. The van der Waals surface area contributed by atoms with Gasteiger partial charge < -0.3 is 15.7 Å². The Balaban J connectivity index is 1.92. The summed E-state index contributed by atoms with van der Waals surface area (Å²) in [5.74, 6) is 0. The predicted octanol–water partition coefficient (Wildman–Crippen LogP) is 1.98. The molecule has 5 nitrogen and oxygen atoms in total. The average molecular weight is 237 g/mol. The molecule has 0 fully saturated rings. The zero-order valence-electron chi connectivity index (χ0n) is 8.43. The van der Waals surface area contributed by atoms with E-state index in [9.17, 15) is 4.79 Å². The summed E-state index contributed by atoms with van der Waals surface area (Å²) in [4.78, 5) is 14.6. The van der Waals surface area contributed by atoms with E-state index < -0.39 is 6.09 Å². The van der Waals surface area contributed by atoms with E-state index in [0.717, 1.165) is 15.3 Å². The Labute approximate surface area is 96.1 Å². The molecule has 1 aromatic heterocycles. The molecule has 6 heteroatoms. The molecule has 2 rings (SSSR count). The predicted molar refractivity (Wildman–Crippen MR) is 64.1 cm³/mol. The number of para-hydroxylation sites is 1. The lowest BCUT2D eigenvalue weighted by Gasteiger charge is -2.01. The van der Waals surface area contributed by atoms with Gasteiger partial charge in [0.1, 0.15) is 0 Å². The summed E-state index contributed by atoms with van der Waals surface area (Å²) in [5, 5.41) is 14.5. The second-order valence-electron chi connectivity index (χ2n) is 3.15. The number of carboxylic acid groups (broad SMARTS) is 1. The normalized spacial score (nSPS) is 10.2. The van der Waals surface area contributed by atoms with Crippen LogP contribution in [-0.2, 0) is 0 Å². The van der Waals surface area contributed by atoms with Crippen molar-refractivity contribution in [1.82, 2.24) is 10.3 Å². The molecule has 0 aliphatic heterocycles. The molecule has 0 saturated heterocycles. The van der Waals surface area contributed by atoms with Crippen molar-refractivity contribution < 1.29 is 9.90 Å². The first-order valence-electron chi connectivity index (χ1n) is 4.82. The number of aromatic nitrogens is 1. The van der Waals surface area contributed by atoms with Crippen LogP contribution in [0, 0.1) is 0 Å². The summed E-state index contributed by atoms with van der Waals surface area (Å²) in [7, 11) is 0. The maximum atomic E-state index is 10.2. The Morgan fingerprint density at radius 2 is 2.19 bits per heavy atom. The van der Waals surface area contributed by atoms with Crippen molar-refractivity contribution in [2.45, 2.75) is 0 Å². The van der Waals surface area contributed by atoms with E-state index in [1.54, 1.807) is 11.3 Å². The zero-order chi connectivity index (χ0) is 11.4. The molecule has 0 unspecified atom stereocenters. The smallest absolute Gasteiger partial charge is 0.404 e. The largest absolute Gasteiger partial charge is 0.465 e. The molecule has 84 valence electrons. The monoisotopic (exact) mass is 237 g/mol. The lowest BCUT2D eigenvalue weighted by Crippen LogP contribution is -2.26. The molecule has 1 heterocycles. The van der Waals surface area contributed by atoms with Crippen molar-refractivity contribution in [1.29, 1.82) is 0 Å². The maximum Gasteiger partial charge on any atom is 0.404 e. The van der Waals surface area contributed by atoms with Gasteiger partial charge in [0.25, 0.3) is 0 Å². The van der Waals surface area contributed by atoms with E-state index in [1.165, 1.54) is 0 Å². The lowest BCUT2D eigenvalue weighted by atomic mass is 10.3. The van der Waals surface area contributed by atoms with Gasteiger partial charge in [-0.25, -0.2) is 9.78 Å². The van der Waals surface area contributed by atoms with Crippen LogP contribution in [0.3, 0.4) is 0 Å². The van der Waals surface area contributed by atoms with Gasteiger partial charge in [-0.2, -0.15) is 0 Å². The van der Waals surface area contributed by atoms with E-state index in [4.69, 9.17) is 5.11 Å². The van der Waals surface area contributed by atoms with E-state index in [0.29, 0.717) is 13.1 Å². The van der Waals surface area contributed by atoms with Crippen LogP contribution in [0.1, 0.15) is 0 Å². The third-order valence-corrected chi connectivity index (χ3v) is 2.97. The molecule has 3 N–H and O–H groups in total. The molecule has 0 spiro atoms. The Morgan fingerprint density at radius 1 is 1.38 bits per heavy atom. The molecule has 0 atom stereocenters. The van der Waals surface area contributed by atoms with Gasteiger partial charge in [-0.05, 0) is 12.1 Å². The highest BCUT2D eigenvalue weighted by Crippen LogP contribution is 2.24. The second kappa shape index (κ2) is 4.80. The third-order valence-electron chi connectivity index (χ3n) is 1.97. The fourth-order valence-electron chi connectivity index (χ4n) is 1.29. The number of fused-ring (bicyclic) bond motifs is 1. The Kier molecular flexibility index (Phi) is 3.21. The van der Waals surface area contributed by atoms with Crippen LogP contribution < -0.4 is 10.6 Å². The summed E-state index contributed by atoms with van der Waals surface area (Å²) in [6.45, 7) is 0.900. The second-order valence-corrected chi connectivity index (χ2v) is 4.18. The van der Waals surface area contributed by atoms with Crippen LogP contribution in [0.2, 0.25) is 0 Å². The number of benzene rings is 1. The fraction of sp³-hybridized carbons (Fsp3) is 0.200. The molecule has 2 aromatic rings. The first kappa shape index (κ1) is 10.7.